The van der Waals surface area contributed by atoms with E-state index in [4.69, 9.17) is 4.74 Å². The van der Waals surface area contributed by atoms with E-state index in [2.05, 4.69) is 0 Å². The molecule has 0 saturated carbocycles. The zero-order valence-corrected chi connectivity index (χ0v) is 18.1. The number of carbonyl (C=O) groups is 1. The summed E-state index contributed by atoms with van der Waals surface area (Å²) in [6, 6.07) is 11.8. The average Bonchev–Trinajstić information content (AvgIpc) is 2.75. The molecule has 1 unspecified atom stereocenters. The van der Waals surface area contributed by atoms with Crippen molar-refractivity contribution in [2.75, 3.05) is 26.7 Å². The second-order valence-electron chi connectivity index (χ2n) is 7.52. The Kier molecular flexibility index (Phi) is 7.10. The van der Waals surface area contributed by atoms with Crippen LogP contribution in [0.15, 0.2) is 53.4 Å². The molecule has 1 heterocycles. The van der Waals surface area contributed by atoms with Gasteiger partial charge in [-0.3, -0.25) is 4.79 Å². The zero-order chi connectivity index (χ0) is 21.7. The van der Waals surface area contributed by atoms with Gasteiger partial charge in [0, 0.05) is 25.2 Å². The van der Waals surface area contributed by atoms with E-state index in [1.165, 1.54) is 45.6 Å². The van der Waals surface area contributed by atoms with Crippen LogP contribution in [0.1, 0.15) is 36.5 Å². The van der Waals surface area contributed by atoms with Gasteiger partial charge in [-0.2, -0.15) is 4.31 Å². The van der Waals surface area contributed by atoms with Gasteiger partial charge in [-0.1, -0.05) is 12.5 Å². The van der Waals surface area contributed by atoms with Gasteiger partial charge in [-0.25, -0.2) is 12.8 Å². The first kappa shape index (κ1) is 22.2. The van der Waals surface area contributed by atoms with Crippen LogP contribution in [0.25, 0.3) is 0 Å². The molecular weight excluding hydrogens is 407 g/mol. The van der Waals surface area contributed by atoms with E-state index in [1.807, 2.05) is 6.92 Å². The van der Waals surface area contributed by atoms with E-state index >= 15 is 0 Å². The van der Waals surface area contributed by atoms with Crippen LogP contribution in [0.3, 0.4) is 0 Å². The molecule has 2 aromatic carbocycles. The maximum absolute atomic E-state index is 13.0. The van der Waals surface area contributed by atoms with Gasteiger partial charge in [0.1, 0.15) is 18.2 Å². The van der Waals surface area contributed by atoms with Gasteiger partial charge >= 0.3 is 0 Å². The summed E-state index contributed by atoms with van der Waals surface area (Å²) in [5.41, 5.74) is 0.310. The number of hydrogen-bond donors (Lipinski definition) is 0. The van der Waals surface area contributed by atoms with Gasteiger partial charge in [0.05, 0.1) is 11.4 Å². The molecule has 0 aromatic heterocycles. The molecule has 1 amide bonds. The van der Waals surface area contributed by atoms with Crippen LogP contribution in [0.5, 0.6) is 5.75 Å². The molecule has 1 saturated heterocycles. The van der Waals surface area contributed by atoms with Crippen LogP contribution in [-0.4, -0.2) is 56.3 Å². The minimum Gasteiger partial charge on any atom is -0.492 e. The highest BCUT2D eigenvalue weighted by molar-refractivity contribution is 7.89. The maximum atomic E-state index is 13.0. The van der Waals surface area contributed by atoms with E-state index in [1.54, 1.807) is 19.2 Å². The fourth-order valence-electron chi connectivity index (χ4n) is 3.51. The summed E-state index contributed by atoms with van der Waals surface area (Å²) in [4.78, 5) is 14.4. The lowest BCUT2D eigenvalue weighted by atomic mass is 10.1. The van der Waals surface area contributed by atoms with Gasteiger partial charge in [0.25, 0.3) is 5.91 Å². The number of hydrogen-bond acceptors (Lipinski definition) is 4. The first-order valence-electron chi connectivity index (χ1n) is 10.0. The van der Waals surface area contributed by atoms with Crippen molar-refractivity contribution in [3.05, 3.63) is 59.9 Å². The van der Waals surface area contributed by atoms with Crippen LogP contribution >= 0.6 is 0 Å². The van der Waals surface area contributed by atoms with Crippen molar-refractivity contribution < 1.29 is 22.3 Å². The molecule has 8 heteroatoms. The fraction of sp³-hybridized carbons (Fsp3) is 0.409. The smallest absolute Gasteiger partial charge is 0.253 e. The van der Waals surface area contributed by atoms with E-state index in [9.17, 15) is 17.6 Å². The van der Waals surface area contributed by atoms with Crippen LogP contribution in [-0.2, 0) is 10.0 Å². The molecule has 2 aromatic rings. The number of ether oxygens (including phenoxy) is 1. The quantitative estimate of drug-likeness (QED) is 0.669. The topological polar surface area (TPSA) is 66.9 Å². The molecular formula is C22H27FN2O4S. The van der Waals surface area contributed by atoms with Crippen molar-refractivity contribution in [1.82, 2.24) is 9.21 Å². The molecule has 0 bridgehead atoms. The normalized spacial score (nSPS) is 17.5. The Morgan fingerprint density at radius 2 is 1.93 bits per heavy atom. The highest BCUT2D eigenvalue weighted by Gasteiger charge is 2.31. The molecule has 1 atom stereocenters. The van der Waals surface area contributed by atoms with Gasteiger partial charge < -0.3 is 9.64 Å². The number of amides is 1. The second kappa shape index (κ2) is 9.57. The van der Waals surface area contributed by atoms with Gasteiger partial charge in [-0.15, -0.1) is 0 Å². The number of sulfonamides is 1. The minimum atomic E-state index is -3.64. The Labute approximate surface area is 177 Å². The van der Waals surface area contributed by atoms with Crippen molar-refractivity contribution in [1.29, 1.82) is 0 Å². The summed E-state index contributed by atoms with van der Waals surface area (Å²) in [6.07, 6.45) is 2.71. The third-order valence-corrected chi connectivity index (χ3v) is 7.29. The predicted molar refractivity (Wildman–Crippen MR) is 113 cm³/mol. The molecule has 30 heavy (non-hydrogen) atoms. The number of halogens is 1. The summed E-state index contributed by atoms with van der Waals surface area (Å²) < 4.78 is 46.1. The summed E-state index contributed by atoms with van der Waals surface area (Å²) in [7, 11) is -2.01. The standard InChI is InChI=1S/C22H27FN2O4S/c1-17-6-3-4-13-25(17)30(27,28)21-8-5-7-18(16-21)22(26)24(2)14-15-29-20-11-9-19(23)10-12-20/h5,7-12,16-17H,3-4,6,13-15H2,1-2H3. The van der Waals surface area contributed by atoms with Crippen molar-refractivity contribution >= 4 is 15.9 Å². The third-order valence-electron chi connectivity index (χ3n) is 5.29. The Morgan fingerprint density at radius 3 is 2.63 bits per heavy atom. The highest BCUT2D eigenvalue weighted by atomic mass is 32.2. The maximum Gasteiger partial charge on any atom is 0.253 e. The Bertz CT molecular complexity index is 979. The molecule has 0 N–H and O–H groups in total. The highest BCUT2D eigenvalue weighted by Crippen LogP contribution is 2.25. The number of carbonyl (C=O) groups excluding carboxylic acids is 1. The van der Waals surface area contributed by atoms with Crippen LogP contribution in [0, 0.1) is 5.82 Å². The van der Waals surface area contributed by atoms with E-state index in [0.717, 1.165) is 19.3 Å². The minimum absolute atomic E-state index is 0.0469. The number of piperidine rings is 1. The SMILES string of the molecule is CC1CCCCN1S(=O)(=O)c1cccc(C(=O)N(C)CCOc2ccc(F)cc2)c1. The molecule has 0 aliphatic carbocycles. The lowest BCUT2D eigenvalue weighted by Crippen LogP contribution is -2.42. The lowest BCUT2D eigenvalue weighted by Gasteiger charge is -2.32. The van der Waals surface area contributed by atoms with Crippen molar-refractivity contribution in [2.45, 2.75) is 37.1 Å². The van der Waals surface area contributed by atoms with E-state index in [-0.39, 0.29) is 29.3 Å². The van der Waals surface area contributed by atoms with E-state index in [0.29, 0.717) is 24.4 Å². The Balaban J connectivity index is 1.65. The molecule has 6 nitrogen and oxygen atoms in total. The second-order valence-corrected chi connectivity index (χ2v) is 9.41. The van der Waals surface area contributed by atoms with Crippen LogP contribution in [0.2, 0.25) is 0 Å². The average molecular weight is 435 g/mol. The fourth-order valence-corrected chi connectivity index (χ4v) is 5.25. The van der Waals surface area contributed by atoms with Gasteiger partial charge in [0.2, 0.25) is 10.0 Å². The lowest BCUT2D eigenvalue weighted by molar-refractivity contribution is 0.0773. The molecule has 3 rings (SSSR count). The molecule has 1 aliphatic rings. The first-order valence-corrected chi connectivity index (χ1v) is 11.5. The summed E-state index contributed by atoms with van der Waals surface area (Å²) >= 11 is 0. The van der Waals surface area contributed by atoms with E-state index < -0.39 is 10.0 Å². The van der Waals surface area contributed by atoms with Crippen molar-refractivity contribution in [3.8, 4) is 5.75 Å². The largest absolute Gasteiger partial charge is 0.492 e. The van der Waals surface area contributed by atoms with Crippen molar-refractivity contribution in [2.24, 2.45) is 0 Å². The Hall–Kier alpha value is -2.45. The molecule has 0 radical (unpaired) electrons. The van der Waals surface area contributed by atoms with Gasteiger partial charge in [-0.05, 0) is 62.2 Å². The van der Waals surface area contributed by atoms with Crippen molar-refractivity contribution in [3.63, 3.8) is 0 Å². The molecule has 1 fully saturated rings. The summed E-state index contributed by atoms with van der Waals surface area (Å²) in [5.74, 6) is -0.120. The first-order chi connectivity index (χ1) is 14.3. The zero-order valence-electron chi connectivity index (χ0n) is 17.3. The predicted octanol–water partition coefficient (Wildman–Crippen LogP) is 3.54. The monoisotopic (exact) mass is 434 g/mol. The third kappa shape index (κ3) is 5.17. The Morgan fingerprint density at radius 1 is 1.20 bits per heavy atom. The summed E-state index contributed by atoms with van der Waals surface area (Å²) in [5, 5.41) is 0. The number of likely N-dealkylation sites (N-methyl/N-ethyl adjacent to an activating group) is 1. The van der Waals surface area contributed by atoms with Crippen LogP contribution in [0.4, 0.5) is 4.39 Å². The van der Waals surface area contributed by atoms with Crippen LogP contribution < -0.4 is 4.74 Å². The number of rotatable bonds is 7. The molecule has 162 valence electrons. The molecule has 1 aliphatic heterocycles. The molecule has 0 spiro atoms. The number of nitrogens with zero attached hydrogens (tertiary/aromatic N) is 2. The summed E-state index contributed by atoms with van der Waals surface area (Å²) in [6.45, 7) is 2.95. The van der Waals surface area contributed by atoms with Gasteiger partial charge in [0.15, 0.2) is 0 Å². The number of benzene rings is 2.